The predicted octanol–water partition coefficient (Wildman–Crippen LogP) is -0.631. The molecule has 1 amide bonds. The van der Waals surface area contributed by atoms with Gasteiger partial charge in [-0.25, -0.2) is 0 Å². The molecule has 2 aliphatic rings. The maximum Gasteiger partial charge on any atom is 0.251 e. The monoisotopic (exact) mass is 249 g/mol. The average Bonchev–Trinajstić information content (AvgIpc) is 2.38. The fraction of sp³-hybridized carbons (Fsp3) is 0.462. The topological polar surface area (TPSA) is 89.8 Å². The normalized spacial score (nSPS) is 38.6. The zero-order chi connectivity index (χ0) is 12.9. The number of carbonyl (C=O) groups is 1. The molecule has 1 aromatic rings. The standard InChI is InChI=1S/C13H15NO4/c15-9-5-8-6-3-1-2-4-7(6)13(18)14-10(8)12(17)11(9)16/h1-4,8-12,15-17H,5H2,(H,14,18)/t8-,9+,10+,11-,12+/m1/s1. The number of nitrogens with one attached hydrogen (secondary N) is 1. The van der Waals surface area contributed by atoms with Crippen molar-refractivity contribution < 1.29 is 20.1 Å². The number of amides is 1. The van der Waals surface area contributed by atoms with Crippen LogP contribution < -0.4 is 5.32 Å². The van der Waals surface area contributed by atoms with Crippen molar-refractivity contribution in [3.63, 3.8) is 0 Å². The molecule has 1 aliphatic carbocycles. The van der Waals surface area contributed by atoms with E-state index in [9.17, 15) is 20.1 Å². The van der Waals surface area contributed by atoms with Gasteiger partial charge in [0.25, 0.3) is 5.91 Å². The molecule has 18 heavy (non-hydrogen) atoms. The predicted molar refractivity (Wildman–Crippen MR) is 63.1 cm³/mol. The van der Waals surface area contributed by atoms with Gasteiger partial charge in [0, 0.05) is 11.5 Å². The Kier molecular flexibility index (Phi) is 2.62. The van der Waals surface area contributed by atoms with Crippen molar-refractivity contribution in [1.82, 2.24) is 5.32 Å². The third-order valence-electron chi connectivity index (χ3n) is 3.94. The molecule has 0 spiro atoms. The maximum absolute atomic E-state index is 11.9. The summed E-state index contributed by atoms with van der Waals surface area (Å²) in [4.78, 5) is 11.9. The van der Waals surface area contributed by atoms with E-state index in [2.05, 4.69) is 5.32 Å². The molecule has 1 fully saturated rings. The zero-order valence-electron chi connectivity index (χ0n) is 9.65. The Bertz CT molecular complexity index is 490. The van der Waals surface area contributed by atoms with Crippen LogP contribution in [0.5, 0.6) is 0 Å². The van der Waals surface area contributed by atoms with Gasteiger partial charge in [-0.1, -0.05) is 18.2 Å². The molecule has 1 heterocycles. The van der Waals surface area contributed by atoms with Crippen molar-refractivity contribution >= 4 is 5.91 Å². The summed E-state index contributed by atoms with van der Waals surface area (Å²) in [6, 6.07) is 6.64. The van der Waals surface area contributed by atoms with E-state index < -0.39 is 24.4 Å². The van der Waals surface area contributed by atoms with Gasteiger partial charge in [-0.05, 0) is 18.1 Å². The molecule has 3 rings (SSSR count). The molecule has 1 aliphatic heterocycles. The fourth-order valence-corrected chi connectivity index (χ4v) is 2.99. The highest BCUT2D eigenvalue weighted by atomic mass is 16.4. The van der Waals surface area contributed by atoms with Crippen LogP contribution >= 0.6 is 0 Å². The van der Waals surface area contributed by atoms with Crippen LogP contribution in [0.15, 0.2) is 24.3 Å². The summed E-state index contributed by atoms with van der Waals surface area (Å²) in [6.07, 6.45) is -2.99. The summed E-state index contributed by atoms with van der Waals surface area (Å²) in [6.45, 7) is 0. The molecule has 5 nitrogen and oxygen atoms in total. The van der Waals surface area contributed by atoms with Crippen molar-refractivity contribution in [1.29, 1.82) is 0 Å². The second kappa shape index (κ2) is 4.05. The summed E-state index contributed by atoms with van der Waals surface area (Å²) < 4.78 is 0. The lowest BCUT2D eigenvalue weighted by molar-refractivity contribution is -0.104. The molecule has 1 saturated carbocycles. The third kappa shape index (κ3) is 1.55. The van der Waals surface area contributed by atoms with Gasteiger partial charge in [0.1, 0.15) is 12.2 Å². The van der Waals surface area contributed by atoms with E-state index in [1.54, 1.807) is 12.1 Å². The number of hydrogen-bond acceptors (Lipinski definition) is 4. The fourth-order valence-electron chi connectivity index (χ4n) is 2.99. The quantitative estimate of drug-likeness (QED) is 0.493. The molecule has 1 aromatic carbocycles. The summed E-state index contributed by atoms with van der Waals surface area (Å²) in [5.74, 6) is -0.401. The summed E-state index contributed by atoms with van der Waals surface area (Å²) in [5.41, 5.74) is 1.41. The molecule has 5 atom stereocenters. The van der Waals surface area contributed by atoms with Crippen LogP contribution in [0.3, 0.4) is 0 Å². The second-order valence-corrected chi connectivity index (χ2v) is 4.98. The van der Waals surface area contributed by atoms with Crippen molar-refractivity contribution in [2.45, 2.75) is 36.7 Å². The number of benzene rings is 1. The molecular weight excluding hydrogens is 234 g/mol. The van der Waals surface area contributed by atoms with E-state index in [0.29, 0.717) is 12.0 Å². The van der Waals surface area contributed by atoms with Gasteiger partial charge in [-0.3, -0.25) is 4.79 Å². The van der Waals surface area contributed by atoms with E-state index in [4.69, 9.17) is 0 Å². The van der Waals surface area contributed by atoms with Gasteiger partial charge < -0.3 is 20.6 Å². The van der Waals surface area contributed by atoms with Crippen molar-refractivity contribution in [3.05, 3.63) is 35.4 Å². The van der Waals surface area contributed by atoms with Crippen molar-refractivity contribution in [2.75, 3.05) is 0 Å². The number of hydrogen-bond donors (Lipinski definition) is 4. The van der Waals surface area contributed by atoms with Gasteiger partial charge in [0.2, 0.25) is 0 Å². The van der Waals surface area contributed by atoms with Crippen LogP contribution in [0.2, 0.25) is 0 Å². The van der Waals surface area contributed by atoms with E-state index >= 15 is 0 Å². The van der Waals surface area contributed by atoms with Crippen LogP contribution in [0.4, 0.5) is 0 Å². The number of aliphatic hydroxyl groups excluding tert-OH is 3. The third-order valence-corrected chi connectivity index (χ3v) is 3.94. The molecule has 5 heteroatoms. The first-order chi connectivity index (χ1) is 8.59. The van der Waals surface area contributed by atoms with E-state index in [-0.39, 0.29) is 11.8 Å². The average molecular weight is 249 g/mol. The second-order valence-electron chi connectivity index (χ2n) is 4.98. The molecule has 4 N–H and O–H groups in total. The molecule has 0 unspecified atom stereocenters. The Labute approximate surface area is 104 Å². The molecular formula is C13H15NO4. The number of fused-ring (bicyclic) bond motifs is 3. The smallest absolute Gasteiger partial charge is 0.251 e. The SMILES string of the molecule is O=C1N[C@@H]2[C@H](O)[C@H](O)[C@@H](O)C[C@@H]2c2ccccc21. The van der Waals surface area contributed by atoms with Gasteiger partial charge in [0.05, 0.1) is 12.1 Å². The van der Waals surface area contributed by atoms with Gasteiger partial charge in [-0.15, -0.1) is 0 Å². The van der Waals surface area contributed by atoms with Gasteiger partial charge in [-0.2, -0.15) is 0 Å². The molecule has 0 saturated heterocycles. The lowest BCUT2D eigenvalue weighted by Crippen LogP contribution is -2.61. The molecule has 96 valence electrons. The Morgan fingerprint density at radius 2 is 1.83 bits per heavy atom. The first-order valence-corrected chi connectivity index (χ1v) is 6.03. The van der Waals surface area contributed by atoms with E-state index in [0.717, 1.165) is 5.56 Å². The minimum Gasteiger partial charge on any atom is -0.390 e. The zero-order valence-corrected chi connectivity index (χ0v) is 9.65. The largest absolute Gasteiger partial charge is 0.390 e. The molecule has 0 radical (unpaired) electrons. The van der Waals surface area contributed by atoms with Crippen LogP contribution in [-0.4, -0.2) is 45.6 Å². The molecule has 0 aromatic heterocycles. The number of rotatable bonds is 0. The van der Waals surface area contributed by atoms with E-state index in [1.807, 2.05) is 12.1 Å². The van der Waals surface area contributed by atoms with E-state index in [1.165, 1.54) is 0 Å². The summed E-state index contributed by atoms with van der Waals surface area (Å²) in [7, 11) is 0. The summed E-state index contributed by atoms with van der Waals surface area (Å²) in [5, 5.41) is 32.1. The van der Waals surface area contributed by atoms with Crippen LogP contribution in [0, 0.1) is 0 Å². The summed E-state index contributed by atoms with van der Waals surface area (Å²) >= 11 is 0. The minimum atomic E-state index is -1.21. The first-order valence-electron chi connectivity index (χ1n) is 6.03. The van der Waals surface area contributed by atoms with Crippen LogP contribution in [-0.2, 0) is 0 Å². The molecule has 0 bridgehead atoms. The number of aliphatic hydroxyl groups is 3. The highest BCUT2D eigenvalue weighted by Crippen LogP contribution is 2.38. The Morgan fingerprint density at radius 3 is 2.61 bits per heavy atom. The lowest BCUT2D eigenvalue weighted by Gasteiger charge is -2.44. The lowest BCUT2D eigenvalue weighted by atomic mass is 9.72. The van der Waals surface area contributed by atoms with Crippen LogP contribution in [0.25, 0.3) is 0 Å². The highest BCUT2D eigenvalue weighted by Gasteiger charge is 2.47. The Morgan fingerprint density at radius 1 is 1.11 bits per heavy atom. The Balaban J connectivity index is 2.05. The van der Waals surface area contributed by atoms with Gasteiger partial charge in [0.15, 0.2) is 0 Å². The highest BCUT2D eigenvalue weighted by molar-refractivity contribution is 5.97. The van der Waals surface area contributed by atoms with Gasteiger partial charge >= 0.3 is 0 Å². The first kappa shape index (κ1) is 11.6. The van der Waals surface area contributed by atoms with Crippen LogP contribution in [0.1, 0.15) is 28.3 Å². The van der Waals surface area contributed by atoms with Crippen molar-refractivity contribution in [3.8, 4) is 0 Å². The number of carbonyl (C=O) groups excluding carboxylic acids is 1. The van der Waals surface area contributed by atoms with Crippen molar-refractivity contribution in [2.24, 2.45) is 0 Å². The Hall–Kier alpha value is -1.43. The minimum absolute atomic E-state index is 0.160. The maximum atomic E-state index is 11.9.